The topological polar surface area (TPSA) is 79.8 Å². The second-order valence-corrected chi connectivity index (χ2v) is 8.24. The van der Waals surface area contributed by atoms with Crippen LogP contribution < -0.4 is 10.6 Å². The Kier molecular flexibility index (Phi) is 7.69. The Morgan fingerprint density at radius 1 is 1.33 bits per heavy atom. The van der Waals surface area contributed by atoms with Crippen molar-refractivity contribution < 1.29 is 13.2 Å². The second kappa shape index (κ2) is 9.01. The van der Waals surface area contributed by atoms with Crippen molar-refractivity contribution in [2.75, 3.05) is 38.8 Å². The van der Waals surface area contributed by atoms with E-state index in [9.17, 15) is 8.42 Å². The molecule has 0 amide bonds. The monoisotopic (exact) mass is 333 g/mol. The third kappa shape index (κ3) is 8.69. The first-order chi connectivity index (χ1) is 9.90. The summed E-state index contributed by atoms with van der Waals surface area (Å²) in [6.07, 6.45) is 1.20. The highest BCUT2D eigenvalue weighted by molar-refractivity contribution is 7.90. The summed E-state index contributed by atoms with van der Waals surface area (Å²) in [5.41, 5.74) is 0. The van der Waals surface area contributed by atoms with Gasteiger partial charge in [-0.25, -0.2) is 8.42 Å². The van der Waals surface area contributed by atoms with Crippen LogP contribution in [0.3, 0.4) is 0 Å². The van der Waals surface area contributed by atoms with Gasteiger partial charge in [-0.1, -0.05) is 0 Å². The molecule has 0 aromatic carbocycles. The molecule has 2 N–H and O–H groups in total. The van der Waals surface area contributed by atoms with E-state index in [0.29, 0.717) is 19.1 Å². The van der Waals surface area contributed by atoms with Crippen LogP contribution in [-0.4, -0.2) is 53.2 Å². The van der Waals surface area contributed by atoms with Gasteiger partial charge in [-0.2, -0.15) is 0 Å². The van der Waals surface area contributed by atoms with Crippen molar-refractivity contribution in [1.82, 2.24) is 10.6 Å². The quantitative estimate of drug-likeness (QED) is 0.418. The summed E-state index contributed by atoms with van der Waals surface area (Å²) in [6, 6.07) is 4.18. The number of thiophene rings is 1. The zero-order valence-electron chi connectivity index (χ0n) is 12.7. The Labute approximate surface area is 130 Å². The van der Waals surface area contributed by atoms with E-state index in [1.807, 2.05) is 0 Å². The molecule has 0 aliphatic heterocycles. The molecule has 1 aromatic rings. The third-order valence-corrected chi connectivity index (χ3v) is 4.50. The van der Waals surface area contributed by atoms with Crippen LogP contribution in [0.1, 0.15) is 9.75 Å². The lowest BCUT2D eigenvalue weighted by Gasteiger charge is -2.11. The second-order valence-electron chi connectivity index (χ2n) is 4.61. The van der Waals surface area contributed by atoms with E-state index in [2.05, 4.69) is 34.7 Å². The van der Waals surface area contributed by atoms with E-state index >= 15 is 0 Å². The summed E-state index contributed by atoms with van der Waals surface area (Å²) in [5, 5.41) is 6.33. The van der Waals surface area contributed by atoms with Crippen LogP contribution >= 0.6 is 11.3 Å². The van der Waals surface area contributed by atoms with Gasteiger partial charge in [0.1, 0.15) is 9.84 Å². The largest absolute Gasteiger partial charge is 0.379 e. The van der Waals surface area contributed by atoms with Gasteiger partial charge in [-0.05, 0) is 19.1 Å². The fourth-order valence-corrected chi connectivity index (χ4v) is 2.78. The number of sulfone groups is 1. The zero-order chi connectivity index (χ0) is 15.7. The van der Waals surface area contributed by atoms with Crippen molar-refractivity contribution in [2.24, 2.45) is 4.99 Å². The fraction of sp³-hybridized carbons (Fsp3) is 0.615. The number of hydrogen-bond acceptors (Lipinski definition) is 5. The van der Waals surface area contributed by atoms with Crippen molar-refractivity contribution in [1.29, 1.82) is 0 Å². The molecule has 0 spiro atoms. The van der Waals surface area contributed by atoms with Crippen molar-refractivity contribution in [3.8, 4) is 0 Å². The number of nitrogens with zero attached hydrogens (tertiary/aromatic N) is 1. The van der Waals surface area contributed by atoms with Crippen molar-refractivity contribution in [3.63, 3.8) is 0 Å². The van der Waals surface area contributed by atoms with Crippen LogP contribution in [0.25, 0.3) is 0 Å². The predicted molar refractivity (Wildman–Crippen MR) is 87.8 cm³/mol. The minimum absolute atomic E-state index is 0.0533. The molecule has 0 atom stereocenters. The molecule has 0 aliphatic rings. The summed E-state index contributed by atoms with van der Waals surface area (Å²) >= 11 is 1.75. The van der Waals surface area contributed by atoms with Gasteiger partial charge >= 0.3 is 0 Å². The maximum absolute atomic E-state index is 10.9. The van der Waals surface area contributed by atoms with E-state index in [4.69, 9.17) is 4.74 Å². The van der Waals surface area contributed by atoms with E-state index in [0.717, 1.165) is 6.54 Å². The SMILES string of the molecule is CN=C(NCCOCCS(C)(=O)=O)NCc1ccc(C)s1. The summed E-state index contributed by atoms with van der Waals surface area (Å²) < 4.78 is 27.1. The van der Waals surface area contributed by atoms with Crippen molar-refractivity contribution in [3.05, 3.63) is 21.9 Å². The number of aryl methyl sites for hydroxylation is 1. The lowest BCUT2D eigenvalue weighted by molar-refractivity contribution is 0.154. The highest BCUT2D eigenvalue weighted by Crippen LogP contribution is 2.14. The van der Waals surface area contributed by atoms with Crippen LogP contribution in [0.2, 0.25) is 0 Å². The van der Waals surface area contributed by atoms with Gasteiger partial charge < -0.3 is 15.4 Å². The Bertz CT molecular complexity index is 553. The van der Waals surface area contributed by atoms with Gasteiger partial charge in [0, 0.05) is 29.6 Å². The molecule has 0 fully saturated rings. The molecule has 0 bridgehead atoms. The van der Waals surface area contributed by atoms with E-state index in [-0.39, 0.29) is 12.4 Å². The number of ether oxygens (including phenoxy) is 1. The van der Waals surface area contributed by atoms with Crippen molar-refractivity contribution in [2.45, 2.75) is 13.5 Å². The summed E-state index contributed by atoms with van der Waals surface area (Å²) in [6.45, 7) is 4.05. The molecule has 6 nitrogen and oxygen atoms in total. The van der Waals surface area contributed by atoms with Gasteiger partial charge in [-0.3, -0.25) is 4.99 Å². The first-order valence-electron chi connectivity index (χ1n) is 6.66. The van der Waals surface area contributed by atoms with Crippen LogP contribution in [0.4, 0.5) is 0 Å². The lowest BCUT2D eigenvalue weighted by atomic mass is 10.4. The molecule has 120 valence electrons. The number of rotatable bonds is 8. The Balaban J connectivity index is 2.14. The Hall–Kier alpha value is -1.12. The molecule has 8 heteroatoms. The minimum atomic E-state index is -2.95. The van der Waals surface area contributed by atoms with E-state index < -0.39 is 9.84 Å². The first kappa shape index (κ1) is 17.9. The van der Waals surface area contributed by atoms with Crippen molar-refractivity contribution >= 4 is 27.1 Å². The van der Waals surface area contributed by atoms with E-state index in [1.54, 1.807) is 18.4 Å². The molecule has 0 aliphatic carbocycles. The highest BCUT2D eigenvalue weighted by Gasteiger charge is 2.02. The zero-order valence-corrected chi connectivity index (χ0v) is 14.3. The van der Waals surface area contributed by atoms with Gasteiger partial charge in [-0.15, -0.1) is 11.3 Å². The lowest BCUT2D eigenvalue weighted by Crippen LogP contribution is -2.38. The maximum atomic E-state index is 10.9. The van der Waals surface area contributed by atoms with Crippen LogP contribution in [0.15, 0.2) is 17.1 Å². The molecule has 0 saturated heterocycles. The van der Waals surface area contributed by atoms with Crippen LogP contribution in [-0.2, 0) is 21.1 Å². The van der Waals surface area contributed by atoms with Gasteiger partial charge in [0.15, 0.2) is 5.96 Å². The Morgan fingerprint density at radius 2 is 2.10 bits per heavy atom. The molecule has 1 rings (SSSR count). The Morgan fingerprint density at radius 3 is 2.67 bits per heavy atom. The molecular weight excluding hydrogens is 310 g/mol. The fourth-order valence-electron chi connectivity index (χ4n) is 1.53. The summed E-state index contributed by atoms with van der Waals surface area (Å²) in [7, 11) is -1.24. The molecule has 0 radical (unpaired) electrons. The summed E-state index contributed by atoms with van der Waals surface area (Å²) in [4.78, 5) is 6.65. The van der Waals surface area contributed by atoms with Gasteiger partial charge in [0.05, 0.1) is 25.5 Å². The molecule has 21 heavy (non-hydrogen) atoms. The van der Waals surface area contributed by atoms with Gasteiger partial charge in [0.25, 0.3) is 0 Å². The smallest absolute Gasteiger partial charge is 0.191 e. The number of guanidine groups is 1. The number of aliphatic imine (C=N–C) groups is 1. The minimum Gasteiger partial charge on any atom is -0.379 e. The predicted octanol–water partition coefficient (Wildman–Crippen LogP) is 0.783. The van der Waals surface area contributed by atoms with Crippen LogP contribution in [0.5, 0.6) is 0 Å². The maximum Gasteiger partial charge on any atom is 0.191 e. The highest BCUT2D eigenvalue weighted by atomic mass is 32.2. The number of nitrogens with one attached hydrogen (secondary N) is 2. The molecule has 0 unspecified atom stereocenters. The number of hydrogen-bond donors (Lipinski definition) is 2. The standard InChI is InChI=1S/C13H23N3O3S2/c1-11-4-5-12(20-11)10-16-13(14-2)15-6-7-19-8-9-21(3,17)18/h4-5H,6-10H2,1-3H3,(H2,14,15,16). The average molecular weight is 333 g/mol. The first-order valence-corrected chi connectivity index (χ1v) is 9.54. The summed E-state index contributed by atoms with van der Waals surface area (Å²) in [5.74, 6) is 0.755. The molecular formula is C13H23N3O3S2. The molecule has 0 saturated carbocycles. The van der Waals surface area contributed by atoms with Crippen LogP contribution in [0, 0.1) is 6.92 Å². The van der Waals surface area contributed by atoms with E-state index in [1.165, 1.54) is 16.0 Å². The molecule has 1 heterocycles. The van der Waals surface area contributed by atoms with Gasteiger partial charge in [0.2, 0.25) is 0 Å². The average Bonchev–Trinajstić information content (AvgIpc) is 2.81. The molecule has 1 aromatic heterocycles. The normalized spacial score (nSPS) is 12.4. The third-order valence-electron chi connectivity index (χ3n) is 2.59.